The van der Waals surface area contributed by atoms with E-state index in [2.05, 4.69) is 19.1 Å². The SMILES string of the molecule is CC(=O)N(C)CCC(N)c1cccc(C)c1. The number of nitrogens with two attached hydrogens (primary N) is 1. The lowest BCUT2D eigenvalue weighted by Crippen LogP contribution is -2.27. The molecule has 0 saturated carbocycles. The van der Waals surface area contributed by atoms with Gasteiger partial charge in [0.2, 0.25) is 5.91 Å². The number of carbonyl (C=O) groups is 1. The number of amides is 1. The van der Waals surface area contributed by atoms with Crippen molar-refractivity contribution >= 4 is 5.91 Å². The quantitative estimate of drug-likeness (QED) is 0.842. The fourth-order valence-corrected chi connectivity index (χ4v) is 1.56. The van der Waals surface area contributed by atoms with Gasteiger partial charge in [-0.1, -0.05) is 29.8 Å². The first kappa shape index (κ1) is 12.7. The number of hydrogen-bond acceptors (Lipinski definition) is 2. The molecule has 0 radical (unpaired) electrons. The van der Waals surface area contributed by atoms with E-state index in [9.17, 15) is 4.79 Å². The van der Waals surface area contributed by atoms with Crippen LogP contribution in [0.2, 0.25) is 0 Å². The highest BCUT2D eigenvalue weighted by molar-refractivity contribution is 5.72. The third-order valence-corrected chi connectivity index (χ3v) is 2.78. The second kappa shape index (κ2) is 5.66. The van der Waals surface area contributed by atoms with E-state index in [0.717, 1.165) is 12.0 Å². The van der Waals surface area contributed by atoms with E-state index in [-0.39, 0.29) is 11.9 Å². The Balaban J connectivity index is 2.52. The lowest BCUT2D eigenvalue weighted by molar-refractivity contribution is -0.127. The van der Waals surface area contributed by atoms with E-state index in [4.69, 9.17) is 5.73 Å². The maximum Gasteiger partial charge on any atom is 0.219 e. The van der Waals surface area contributed by atoms with Crippen molar-refractivity contribution in [3.05, 3.63) is 35.4 Å². The maximum atomic E-state index is 11.0. The van der Waals surface area contributed by atoms with Gasteiger partial charge in [0.15, 0.2) is 0 Å². The molecule has 0 spiro atoms. The number of aryl methyl sites for hydroxylation is 1. The minimum atomic E-state index is 0.00157. The summed E-state index contributed by atoms with van der Waals surface area (Å²) in [6, 6.07) is 8.20. The molecule has 1 amide bonds. The Morgan fingerprint density at radius 2 is 2.19 bits per heavy atom. The highest BCUT2D eigenvalue weighted by Crippen LogP contribution is 2.15. The maximum absolute atomic E-state index is 11.0. The van der Waals surface area contributed by atoms with Crippen molar-refractivity contribution in [3.63, 3.8) is 0 Å². The van der Waals surface area contributed by atoms with Gasteiger partial charge in [-0.3, -0.25) is 4.79 Å². The Labute approximate surface area is 97.2 Å². The second-order valence-corrected chi connectivity index (χ2v) is 4.25. The fraction of sp³-hybridized carbons (Fsp3) is 0.462. The Bertz CT molecular complexity index is 363. The highest BCUT2D eigenvalue weighted by Gasteiger charge is 2.08. The van der Waals surface area contributed by atoms with Crippen molar-refractivity contribution in [1.82, 2.24) is 4.90 Å². The van der Waals surface area contributed by atoms with Gasteiger partial charge in [0.05, 0.1) is 0 Å². The molecule has 1 aromatic carbocycles. The first-order chi connectivity index (χ1) is 7.50. The molecule has 0 saturated heterocycles. The molecule has 0 aliphatic carbocycles. The molecule has 88 valence electrons. The first-order valence-corrected chi connectivity index (χ1v) is 5.54. The molecule has 1 aromatic rings. The zero-order chi connectivity index (χ0) is 12.1. The van der Waals surface area contributed by atoms with Crippen LogP contribution >= 0.6 is 0 Å². The van der Waals surface area contributed by atoms with E-state index in [1.54, 1.807) is 18.9 Å². The van der Waals surface area contributed by atoms with Gasteiger partial charge >= 0.3 is 0 Å². The molecule has 1 atom stereocenters. The largest absolute Gasteiger partial charge is 0.346 e. The standard InChI is InChI=1S/C13H20N2O/c1-10-5-4-6-12(9-10)13(14)7-8-15(3)11(2)16/h4-6,9,13H,7-8,14H2,1-3H3. The molecule has 0 fully saturated rings. The summed E-state index contributed by atoms with van der Waals surface area (Å²) in [6.45, 7) is 4.32. The van der Waals surface area contributed by atoms with E-state index < -0.39 is 0 Å². The van der Waals surface area contributed by atoms with Crippen LogP contribution in [0.25, 0.3) is 0 Å². The molecular formula is C13H20N2O. The average molecular weight is 220 g/mol. The Kier molecular flexibility index (Phi) is 4.50. The number of rotatable bonds is 4. The topological polar surface area (TPSA) is 46.3 Å². The van der Waals surface area contributed by atoms with Crippen LogP contribution in [-0.4, -0.2) is 24.4 Å². The molecule has 2 N–H and O–H groups in total. The van der Waals surface area contributed by atoms with Gasteiger partial charge in [-0.15, -0.1) is 0 Å². The van der Waals surface area contributed by atoms with Gasteiger partial charge in [-0.2, -0.15) is 0 Å². The van der Waals surface area contributed by atoms with Crippen molar-refractivity contribution in [2.75, 3.05) is 13.6 Å². The van der Waals surface area contributed by atoms with Crippen molar-refractivity contribution in [2.24, 2.45) is 5.73 Å². The third-order valence-electron chi connectivity index (χ3n) is 2.78. The summed E-state index contributed by atoms with van der Waals surface area (Å²) < 4.78 is 0. The number of nitrogens with zero attached hydrogens (tertiary/aromatic N) is 1. The fourth-order valence-electron chi connectivity index (χ4n) is 1.56. The molecule has 1 rings (SSSR count). The van der Waals surface area contributed by atoms with Crippen LogP contribution in [0, 0.1) is 6.92 Å². The van der Waals surface area contributed by atoms with E-state index in [1.807, 2.05) is 12.1 Å². The smallest absolute Gasteiger partial charge is 0.219 e. The number of carbonyl (C=O) groups excluding carboxylic acids is 1. The minimum Gasteiger partial charge on any atom is -0.346 e. The monoisotopic (exact) mass is 220 g/mol. The normalized spacial score (nSPS) is 12.2. The number of benzene rings is 1. The van der Waals surface area contributed by atoms with Crippen molar-refractivity contribution in [1.29, 1.82) is 0 Å². The Morgan fingerprint density at radius 3 is 2.75 bits per heavy atom. The summed E-state index contributed by atoms with van der Waals surface area (Å²) in [7, 11) is 1.80. The lowest BCUT2D eigenvalue weighted by Gasteiger charge is -2.18. The molecule has 0 heterocycles. The summed E-state index contributed by atoms with van der Waals surface area (Å²) in [6.07, 6.45) is 0.791. The van der Waals surface area contributed by atoms with Crippen molar-refractivity contribution in [3.8, 4) is 0 Å². The third kappa shape index (κ3) is 3.66. The summed E-state index contributed by atoms with van der Waals surface area (Å²) in [5.74, 6) is 0.0800. The minimum absolute atomic E-state index is 0.00157. The lowest BCUT2D eigenvalue weighted by atomic mass is 10.0. The average Bonchev–Trinajstić information content (AvgIpc) is 2.25. The van der Waals surface area contributed by atoms with Gasteiger partial charge in [-0.05, 0) is 18.9 Å². The van der Waals surface area contributed by atoms with E-state index >= 15 is 0 Å². The Hall–Kier alpha value is -1.35. The van der Waals surface area contributed by atoms with Gasteiger partial charge in [0.1, 0.15) is 0 Å². The summed E-state index contributed by atoms with van der Waals surface area (Å²) in [5.41, 5.74) is 8.43. The van der Waals surface area contributed by atoms with Crippen LogP contribution in [-0.2, 0) is 4.79 Å². The van der Waals surface area contributed by atoms with Gasteiger partial charge < -0.3 is 10.6 Å². The molecule has 3 nitrogen and oxygen atoms in total. The van der Waals surface area contributed by atoms with E-state index in [1.165, 1.54) is 5.56 Å². The summed E-state index contributed by atoms with van der Waals surface area (Å²) in [5, 5.41) is 0. The van der Waals surface area contributed by atoms with Gasteiger partial charge in [-0.25, -0.2) is 0 Å². The van der Waals surface area contributed by atoms with E-state index in [0.29, 0.717) is 6.54 Å². The van der Waals surface area contributed by atoms with Crippen molar-refractivity contribution < 1.29 is 4.79 Å². The molecule has 3 heteroatoms. The summed E-state index contributed by atoms with van der Waals surface area (Å²) >= 11 is 0. The molecule has 0 aliphatic rings. The molecule has 0 aliphatic heterocycles. The van der Waals surface area contributed by atoms with Crippen LogP contribution in [0.3, 0.4) is 0 Å². The predicted molar refractivity (Wildman–Crippen MR) is 66.0 cm³/mol. The van der Waals surface area contributed by atoms with Crippen LogP contribution < -0.4 is 5.73 Å². The molecule has 0 bridgehead atoms. The molecule has 0 aromatic heterocycles. The predicted octanol–water partition coefficient (Wildman–Crippen LogP) is 1.86. The van der Waals surface area contributed by atoms with Crippen molar-refractivity contribution in [2.45, 2.75) is 26.3 Å². The Morgan fingerprint density at radius 1 is 1.50 bits per heavy atom. The van der Waals surface area contributed by atoms with Gasteiger partial charge in [0.25, 0.3) is 0 Å². The number of hydrogen-bond donors (Lipinski definition) is 1. The van der Waals surface area contributed by atoms with Crippen LogP contribution in [0.1, 0.15) is 30.5 Å². The molecule has 16 heavy (non-hydrogen) atoms. The molecular weight excluding hydrogens is 200 g/mol. The summed E-state index contributed by atoms with van der Waals surface area (Å²) in [4.78, 5) is 12.7. The molecule has 1 unspecified atom stereocenters. The second-order valence-electron chi connectivity index (χ2n) is 4.25. The van der Waals surface area contributed by atoms with Gasteiger partial charge in [0, 0.05) is 26.6 Å². The first-order valence-electron chi connectivity index (χ1n) is 5.54. The van der Waals surface area contributed by atoms with Crippen LogP contribution in [0.4, 0.5) is 0 Å². The van der Waals surface area contributed by atoms with Crippen LogP contribution in [0.15, 0.2) is 24.3 Å². The highest BCUT2D eigenvalue weighted by atomic mass is 16.2. The van der Waals surface area contributed by atoms with Crippen LogP contribution in [0.5, 0.6) is 0 Å². The zero-order valence-electron chi connectivity index (χ0n) is 10.2. The zero-order valence-corrected chi connectivity index (χ0v) is 10.2.